The van der Waals surface area contributed by atoms with Crippen LogP contribution < -0.4 is 0 Å². The molecule has 0 saturated carbocycles. The van der Waals surface area contributed by atoms with Crippen LogP contribution in [0.4, 0.5) is 4.39 Å². The van der Waals surface area contributed by atoms with Crippen molar-refractivity contribution in [1.29, 1.82) is 5.26 Å². The molecule has 0 atom stereocenters. The summed E-state index contributed by atoms with van der Waals surface area (Å²) in [5, 5.41) is 9.33. The molecule has 0 amide bonds. The Morgan fingerprint density at radius 3 is 2.70 bits per heavy atom. The SMILES string of the molecule is Cc1ccn2c(C#N)c(Cc3ccc(F)cc3)nc2c1. The molecular formula is C16H12FN3. The van der Waals surface area contributed by atoms with Gasteiger partial charge in [-0.3, -0.25) is 4.40 Å². The molecule has 0 fully saturated rings. The average molecular weight is 265 g/mol. The normalized spacial score (nSPS) is 10.7. The Labute approximate surface area is 115 Å². The summed E-state index contributed by atoms with van der Waals surface area (Å²) in [6, 6.07) is 12.3. The van der Waals surface area contributed by atoms with Crippen LogP contribution in [0.2, 0.25) is 0 Å². The highest BCUT2D eigenvalue weighted by atomic mass is 19.1. The molecule has 20 heavy (non-hydrogen) atoms. The molecule has 2 heterocycles. The lowest BCUT2D eigenvalue weighted by atomic mass is 10.1. The third kappa shape index (κ3) is 2.14. The van der Waals surface area contributed by atoms with E-state index in [0.29, 0.717) is 17.8 Å². The molecule has 0 aliphatic carbocycles. The summed E-state index contributed by atoms with van der Waals surface area (Å²) in [5.41, 5.74) is 4.04. The summed E-state index contributed by atoms with van der Waals surface area (Å²) in [6.07, 6.45) is 2.37. The molecule has 2 aromatic heterocycles. The Bertz CT molecular complexity index is 810. The Hall–Kier alpha value is -2.67. The number of aromatic nitrogens is 2. The number of nitriles is 1. The average Bonchev–Trinajstić information content (AvgIpc) is 2.77. The van der Waals surface area contributed by atoms with Crippen LogP contribution in [0.5, 0.6) is 0 Å². The van der Waals surface area contributed by atoms with Crippen molar-refractivity contribution in [1.82, 2.24) is 9.38 Å². The number of pyridine rings is 1. The number of fused-ring (bicyclic) bond motifs is 1. The Morgan fingerprint density at radius 1 is 1.25 bits per heavy atom. The fourth-order valence-corrected chi connectivity index (χ4v) is 2.23. The van der Waals surface area contributed by atoms with Crippen LogP contribution in [0.25, 0.3) is 5.65 Å². The second-order valence-corrected chi connectivity index (χ2v) is 4.75. The van der Waals surface area contributed by atoms with E-state index in [4.69, 9.17) is 0 Å². The molecule has 4 heteroatoms. The number of aryl methyl sites for hydroxylation is 1. The van der Waals surface area contributed by atoms with E-state index in [1.54, 1.807) is 16.5 Å². The molecule has 0 saturated heterocycles. The summed E-state index contributed by atoms with van der Waals surface area (Å²) >= 11 is 0. The van der Waals surface area contributed by atoms with E-state index in [2.05, 4.69) is 11.1 Å². The fourth-order valence-electron chi connectivity index (χ4n) is 2.23. The van der Waals surface area contributed by atoms with E-state index >= 15 is 0 Å². The largest absolute Gasteiger partial charge is 0.291 e. The van der Waals surface area contributed by atoms with Gasteiger partial charge in [-0.05, 0) is 42.3 Å². The van der Waals surface area contributed by atoms with E-state index in [-0.39, 0.29) is 5.82 Å². The highest BCUT2D eigenvalue weighted by Crippen LogP contribution is 2.17. The molecule has 98 valence electrons. The van der Waals surface area contributed by atoms with Crippen LogP contribution in [0.15, 0.2) is 42.6 Å². The minimum Gasteiger partial charge on any atom is -0.291 e. The Morgan fingerprint density at radius 2 is 2.00 bits per heavy atom. The van der Waals surface area contributed by atoms with E-state index in [0.717, 1.165) is 16.8 Å². The Balaban J connectivity index is 2.07. The van der Waals surface area contributed by atoms with E-state index < -0.39 is 0 Å². The van der Waals surface area contributed by atoms with Gasteiger partial charge in [-0.25, -0.2) is 9.37 Å². The zero-order valence-corrected chi connectivity index (χ0v) is 11.0. The van der Waals surface area contributed by atoms with Crippen molar-refractivity contribution in [3.8, 4) is 6.07 Å². The van der Waals surface area contributed by atoms with Crippen molar-refractivity contribution in [3.63, 3.8) is 0 Å². The Kier molecular flexibility index (Phi) is 2.96. The van der Waals surface area contributed by atoms with Gasteiger partial charge in [0.25, 0.3) is 0 Å². The van der Waals surface area contributed by atoms with E-state index in [9.17, 15) is 9.65 Å². The van der Waals surface area contributed by atoms with Crippen LogP contribution >= 0.6 is 0 Å². The molecule has 0 unspecified atom stereocenters. The smallest absolute Gasteiger partial charge is 0.148 e. The number of nitrogens with zero attached hydrogens (tertiary/aromatic N) is 3. The van der Waals surface area contributed by atoms with E-state index in [1.807, 2.05) is 25.3 Å². The summed E-state index contributed by atoms with van der Waals surface area (Å²) in [4.78, 5) is 4.51. The van der Waals surface area contributed by atoms with Gasteiger partial charge >= 0.3 is 0 Å². The van der Waals surface area contributed by atoms with Crippen molar-refractivity contribution in [2.24, 2.45) is 0 Å². The van der Waals surface area contributed by atoms with Gasteiger partial charge in [0.1, 0.15) is 23.2 Å². The summed E-state index contributed by atoms with van der Waals surface area (Å²) in [5.74, 6) is -0.264. The summed E-state index contributed by atoms with van der Waals surface area (Å²) in [7, 11) is 0. The molecule has 1 aromatic carbocycles. The van der Waals surface area contributed by atoms with Crippen LogP contribution in [-0.4, -0.2) is 9.38 Å². The first-order valence-electron chi connectivity index (χ1n) is 6.29. The lowest BCUT2D eigenvalue weighted by molar-refractivity contribution is 0.627. The van der Waals surface area contributed by atoms with Gasteiger partial charge in [0.05, 0.1) is 5.69 Å². The predicted molar refractivity (Wildman–Crippen MR) is 73.9 cm³/mol. The van der Waals surface area contributed by atoms with Crippen LogP contribution in [-0.2, 0) is 6.42 Å². The molecule has 0 radical (unpaired) electrons. The third-order valence-corrected chi connectivity index (χ3v) is 3.24. The quantitative estimate of drug-likeness (QED) is 0.713. The standard InChI is InChI=1S/C16H12FN3/c1-11-6-7-20-15(10-18)14(19-16(20)8-11)9-12-2-4-13(17)5-3-12/h2-8H,9H2,1H3. The third-order valence-electron chi connectivity index (χ3n) is 3.24. The number of rotatable bonds is 2. The number of benzene rings is 1. The number of halogens is 1. The maximum absolute atomic E-state index is 12.9. The summed E-state index contributed by atoms with van der Waals surface area (Å²) in [6.45, 7) is 1.99. The number of hydrogen-bond acceptors (Lipinski definition) is 2. The highest BCUT2D eigenvalue weighted by molar-refractivity contribution is 5.49. The molecule has 0 N–H and O–H groups in total. The van der Waals surface area contributed by atoms with Crippen molar-refractivity contribution in [2.45, 2.75) is 13.3 Å². The monoisotopic (exact) mass is 265 g/mol. The lowest BCUT2D eigenvalue weighted by Crippen LogP contribution is -1.94. The van der Waals surface area contributed by atoms with Gasteiger partial charge in [-0.1, -0.05) is 12.1 Å². The van der Waals surface area contributed by atoms with Gasteiger partial charge in [-0.2, -0.15) is 5.26 Å². The highest BCUT2D eigenvalue weighted by Gasteiger charge is 2.12. The van der Waals surface area contributed by atoms with Crippen LogP contribution in [0.3, 0.4) is 0 Å². The minimum atomic E-state index is -0.264. The molecule has 0 bridgehead atoms. The van der Waals surface area contributed by atoms with Crippen LogP contribution in [0, 0.1) is 24.1 Å². The van der Waals surface area contributed by atoms with Crippen molar-refractivity contribution >= 4 is 5.65 Å². The second kappa shape index (κ2) is 4.78. The molecule has 0 spiro atoms. The second-order valence-electron chi connectivity index (χ2n) is 4.75. The van der Waals surface area contributed by atoms with Gasteiger partial charge < -0.3 is 0 Å². The lowest BCUT2D eigenvalue weighted by Gasteiger charge is -1.99. The minimum absolute atomic E-state index is 0.264. The fraction of sp³-hybridized carbons (Fsp3) is 0.125. The first-order chi connectivity index (χ1) is 9.67. The van der Waals surface area contributed by atoms with Gasteiger partial charge in [0.15, 0.2) is 0 Å². The summed E-state index contributed by atoms with van der Waals surface area (Å²) < 4.78 is 14.7. The van der Waals surface area contributed by atoms with Gasteiger partial charge in [0.2, 0.25) is 0 Å². The van der Waals surface area contributed by atoms with Crippen LogP contribution in [0.1, 0.15) is 22.5 Å². The van der Waals surface area contributed by atoms with Crippen molar-refractivity contribution < 1.29 is 4.39 Å². The van der Waals surface area contributed by atoms with Gasteiger partial charge in [0, 0.05) is 12.6 Å². The first kappa shape index (κ1) is 12.4. The molecule has 3 rings (SSSR count). The number of hydrogen-bond donors (Lipinski definition) is 0. The maximum Gasteiger partial charge on any atom is 0.148 e. The molecule has 0 aliphatic heterocycles. The predicted octanol–water partition coefficient (Wildman–Crippen LogP) is 3.24. The molecule has 3 nitrogen and oxygen atoms in total. The maximum atomic E-state index is 12.9. The van der Waals surface area contributed by atoms with Crippen molar-refractivity contribution in [2.75, 3.05) is 0 Å². The molecular weight excluding hydrogens is 253 g/mol. The molecule has 0 aliphatic rings. The molecule has 3 aromatic rings. The topological polar surface area (TPSA) is 41.1 Å². The van der Waals surface area contributed by atoms with Crippen molar-refractivity contribution in [3.05, 3.63) is 70.9 Å². The zero-order valence-electron chi connectivity index (χ0n) is 11.0. The first-order valence-corrected chi connectivity index (χ1v) is 6.29. The zero-order chi connectivity index (χ0) is 14.1. The number of imidazole rings is 1. The van der Waals surface area contributed by atoms with Gasteiger partial charge in [-0.15, -0.1) is 0 Å². The van der Waals surface area contributed by atoms with E-state index in [1.165, 1.54) is 12.1 Å².